The molecule has 0 atom stereocenters. The van der Waals surface area contributed by atoms with Crippen molar-refractivity contribution in [2.24, 2.45) is 4.99 Å². The fourth-order valence-corrected chi connectivity index (χ4v) is 4.58. The molecule has 0 saturated heterocycles. The molecule has 7 nitrogen and oxygen atoms in total. The van der Waals surface area contributed by atoms with Crippen molar-refractivity contribution in [3.63, 3.8) is 0 Å². The van der Waals surface area contributed by atoms with Gasteiger partial charge in [0.05, 0.1) is 15.5 Å². The molecule has 9 heteroatoms. The molecule has 1 aliphatic heterocycles. The summed E-state index contributed by atoms with van der Waals surface area (Å²) in [6.45, 7) is 0.606. The Morgan fingerprint density at radius 1 is 0.800 bits per heavy atom. The molecule has 3 rings (SSSR count). The van der Waals surface area contributed by atoms with Crippen LogP contribution < -0.4 is 9.44 Å². The number of benzene rings is 2. The SMILES string of the molecule is O=S(=O)(NC1=NCCC1)c1cccc(NS(=O)(=O)c2ccccc2)c1. The third kappa shape index (κ3) is 4.18. The summed E-state index contributed by atoms with van der Waals surface area (Å²) in [6, 6.07) is 13.5. The van der Waals surface area contributed by atoms with Gasteiger partial charge < -0.3 is 0 Å². The van der Waals surface area contributed by atoms with Crippen molar-refractivity contribution in [3.05, 3.63) is 54.6 Å². The second-order valence-electron chi connectivity index (χ2n) is 5.48. The summed E-state index contributed by atoms with van der Waals surface area (Å²) in [5.74, 6) is 0.426. The van der Waals surface area contributed by atoms with E-state index >= 15 is 0 Å². The lowest BCUT2D eigenvalue weighted by atomic mass is 10.3. The summed E-state index contributed by atoms with van der Waals surface area (Å²) in [4.78, 5) is 4.15. The van der Waals surface area contributed by atoms with Crippen LogP contribution in [0.25, 0.3) is 0 Å². The number of nitrogens with zero attached hydrogens (tertiary/aromatic N) is 1. The smallest absolute Gasteiger partial charge is 0.262 e. The minimum Gasteiger partial charge on any atom is -0.280 e. The third-order valence-corrected chi connectivity index (χ3v) is 6.35. The molecule has 2 aromatic rings. The highest BCUT2D eigenvalue weighted by molar-refractivity contribution is 7.92. The molecule has 0 amide bonds. The van der Waals surface area contributed by atoms with Crippen LogP contribution in [0.15, 0.2) is 69.4 Å². The molecular weight excluding hydrogens is 362 g/mol. The number of hydrogen-bond donors (Lipinski definition) is 2. The van der Waals surface area contributed by atoms with Crippen LogP contribution in [0.2, 0.25) is 0 Å². The van der Waals surface area contributed by atoms with Crippen LogP contribution in [0, 0.1) is 0 Å². The first kappa shape index (κ1) is 17.4. The van der Waals surface area contributed by atoms with Gasteiger partial charge in [0.1, 0.15) is 5.84 Å². The van der Waals surface area contributed by atoms with E-state index in [4.69, 9.17) is 0 Å². The van der Waals surface area contributed by atoms with Crippen molar-refractivity contribution < 1.29 is 16.8 Å². The summed E-state index contributed by atoms with van der Waals surface area (Å²) >= 11 is 0. The molecular formula is C16H17N3O4S2. The van der Waals surface area contributed by atoms with E-state index in [9.17, 15) is 16.8 Å². The predicted molar refractivity (Wildman–Crippen MR) is 95.6 cm³/mol. The average molecular weight is 379 g/mol. The van der Waals surface area contributed by atoms with Crippen LogP contribution in [0.3, 0.4) is 0 Å². The standard InChI is InChI=1S/C16H17N3O4S2/c20-24(21,14-7-2-1-3-8-14)18-13-6-4-9-15(12-13)25(22,23)19-16-10-5-11-17-16/h1-4,6-9,12,18H,5,10-11H2,(H,17,19). The Bertz CT molecular complexity index is 1000. The lowest BCUT2D eigenvalue weighted by Crippen LogP contribution is -2.29. The van der Waals surface area contributed by atoms with Gasteiger partial charge in [0.25, 0.3) is 20.0 Å². The number of hydrogen-bond acceptors (Lipinski definition) is 5. The molecule has 2 N–H and O–H groups in total. The van der Waals surface area contributed by atoms with E-state index in [0.29, 0.717) is 18.8 Å². The molecule has 0 unspecified atom stereocenters. The molecule has 0 bridgehead atoms. The number of anilines is 1. The quantitative estimate of drug-likeness (QED) is 0.828. The van der Waals surface area contributed by atoms with E-state index < -0.39 is 20.0 Å². The fourth-order valence-electron chi connectivity index (χ4n) is 2.38. The predicted octanol–water partition coefficient (Wildman–Crippen LogP) is 1.96. The highest BCUT2D eigenvalue weighted by Gasteiger charge is 2.20. The van der Waals surface area contributed by atoms with Gasteiger partial charge >= 0.3 is 0 Å². The normalized spacial score (nSPS) is 14.8. The van der Waals surface area contributed by atoms with Gasteiger partial charge in [-0.15, -0.1) is 0 Å². The molecule has 0 aliphatic carbocycles. The lowest BCUT2D eigenvalue weighted by Gasteiger charge is -2.11. The van der Waals surface area contributed by atoms with Crippen LogP contribution in [0.1, 0.15) is 12.8 Å². The first-order valence-electron chi connectivity index (χ1n) is 7.61. The third-order valence-electron chi connectivity index (χ3n) is 3.58. The van der Waals surface area contributed by atoms with E-state index in [2.05, 4.69) is 14.4 Å². The van der Waals surface area contributed by atoms with Gasteiger partial charge in [-0.25, -0.2) is 16.8 Å². The van der Waals surface area contributed by atoms with E-state index in [1.165, 1.54) is 36.4 Å². The molecule has 0 spiro atoms. The molecule has 1 heterocycles. The Kier molecular flexibility index (Phi) is 4.78. The van der Waals surface area contributed by atoms with Gasteiger partial charge in [-0.05, 0) is 36.8 Å². The number of nitrogens with one attached hydrogen (secondary N) is 2. The molecule has 1 aliphatic rings. The Hall–Kier alpha value is -2.39. The number of sulfonamides is 2. The molecule has 2 aromatic carbocycles. The number of amidine groups is 1. The Morgan fingerprint density at radius 2 is 1.48 bits per heavy atom. The number of aliphatic imine (C=N–C) groups is 1. The van der Waals surface area contributed by atoms with Crippen LogP contribution in [0.4, 0.5) is 5.69 Å². The van der Waals surface area contributed by atoms with Gasteiger partial charge in [0.15, 0.2) is 0 Å². The maximum absolute atomic E-state index is 12.4. The maximum Gasteiger partial charge on any atom is 0.262 e. The zero-order valence-corrected chi connectivity index (χ0v) is 14.8. The monoisotopic (exact) mass is 379 g/mol. The Balaban J connectivity index is 1.84. The van der Waals surface area contributed by atoms with Crippen molar-refractivity contribution in [2.75, 3.05) is 11.3 Å². The van der Waals surface area contributed by atoms with E-state index in [-0.39, 0.29) is 15.5 Å². The van der Waals surface area contributed by atoms with Gasteiger partial charge in [-0.3, -0.25) is 14.4 Å². The van der Waals surface area contributed by atoms with Crippen molar-refractivity contribution in [1.29, 1.82) is 0 Å². The largest absolute Gasteiger partial charge is 0.280 e. The highest BCUT2D eigenvalue weighted by Crippen LogP contribution is 2.20. The fraction of sp³-hybridized carbons (Fsp3) is 0.188. The number of rotatable bonds is 5. The molecule has 132 valence electrons. The van der Waals surface area contributed by atoms with Crippen molar-refractivity contribution >= 4 is 31.6 Å². The summed E-state index contributed by atoms with van der Waals surface area (Å²) in [7, 11) is -7.59. The lowest BCUT2D eigenvalue weighted by molar-refractivity contribution is 0.591. The van der Waals surface area contributed by atoms with Crippen LogP contribution in [-0.4, -0.2) is 29.2 Å². The summed E-state index contributed by atoms with van der Waals surface area (Å²) in [5.41, 5.74) is 0.167. The molecule has 0 radical (unpaired) electrons. The zero-order chi connectivity index (χ0) is 17.9. The van der Waals surface area contributed by atoms with Gasteiger partial charge in [0, 0.05) is 13.0 Å². The molecule has 25 heavy (non-hydrogen) atoms. The second-order valence-corrected chi connectivity index (χ2v) is 8.85. The first-order chi connectivity index (χ1) is 11.9. The molecule has 0 aromatic heterocycles. The van der Waals surface area contributed by atoms with Crippen LogP contribution in [-0.2, 0) is 20.0 Å². The highest BCUT2D eigenvalue weighted by atomic mass is 32.2. The van der Waals surface area contributed by atoms with E-state index in [1.54, 1.807) is 18.2 Å². The second kappa shape index (κ2) is 6.85. The average Bonchev–Trinajstić information content (AvgIpc) is 3.08. The Morgan fingerprint density at radius 3 is 2.16 bits per heavy atom. The van der Waals surface area contributed by atoms with Gasteiger partial charge in [-0.1, -0.05) is 24.3 Å². The maximum atomic E-state index is 12.4. The zero-order valence-electron chi connectivity index (χ0n) is 13.2. The minimum absolute atomic E-state index is 0.0321. The summed E-state index contributed by atoms with van der Waals surface area (Å²) in [5, 5.41) is 0. The summed E-state index contributed by atoms with van der Waals surface area (Å²) < 4.78 is 54.3. The van der Waals surface area contributed by atoms with Gasteiger partial charge in [-0.2, -0.15) is 0 Å². The van der Waals surface area contributed by atoms with Crippen molar-refractivity contribution in [3.8, 4) is 0 Å². The van der Waals surface area contributed by atoms with E-state index in [0.717, 1.165) is 6.42 Å². The van der Waals surface area contributed by atoms with Crippen LogP contribution in [0.5, 0.6) is 0 Å². The van der Waals surface area contributed by atoms with E-state index in [1.807, 2.05) is 0 Å². The summed E-state index contributed by atoms with van der Waals surface area (Å²) in [6.07, 6.45) is 1.40. The molecule has 0 fully saturated rings. The van der Waals surface area contributed by atoms with Crippen molar-refractivity contribution in [2.45, 2.75) is 22.6 Å². The minimum atomic E-state index is -3.80. The Labute approximate surface area is 146 Å². The topological polar surface area (TPSA) is 105 Å². The van der Waals surface area contributed by atoms with Crippen molar-refractivity contribution in [1.82, 2.24) is 4.72 Å². The first-order valence-corrected chi connectivity index (χ1v) is 10.6. The molecule has 0 saturated carbocycles. The van der Waals surface area contributed by atoms with Crippen LogP contribution >= 0.6 is 0 Å². The van der Waals surface area contributed by atoms with Gasteiger partial charge in [0.2, 0.25) is 0 Å².